The Morgan fingerprint density at radius 3 is 2.47 bits per heavy atom. The number of nitrogens with one attached hydrogen (secondary N) is 3. The third kappa shape index (κ3) is 8.07. The third-order valence-corrected chi connectivity index (χ3v) is 12.4. The summed E-state index contributed by atoms with van der Waals surface area (Å²) in [4.78, 5) is 70.8. The monoisotopic (exact) mass is 838 g/mol. The highest BCUT2D eigenvalue weighted by Crippen LogP contribution is 2.37. The third-order valence-electron chi connectivity index (χ3n) is 12.2. The number of anilines is 4. The molecule has 2 unspecified atom stereocenters. The minimum absolute atomic E-state index is 0.0575. The molecular weight excluding hydrogens is 788 g/mol. The van der Waals surface area contributed by atoms with E-state index >= 15 is 0 Å². The molecule has 3 N–H and O–H groups in total. The van der Waals surface area contributed by atoms with Crippen molar-refractivity contribution in [1.29, 1.82) is 0 Å². The van der Waals surface area contributed by atoms with Crippen LogP contribution in [0.5, 0.6) is 5.75 Å². The number of aromatic nitrogens is 6. The van der Waals surface area contributed by atoms with E-state index in [-0.39, 0.29) is 41.7 Å². The van der Waals surface area contributed by atoms with Crippen molar-refractivity contribution in [3.05, 3.63) is 63.8 Å². The van der Waals surface area contributed by atoms with Crippen LogP contribution in [0.25, 0.3) is 21.9 Å². The number of hydrogen-bond acceptors (Lipinski definition) is 13. The Hall–Kier alpha value is -5.81. The van der Waals surface area contributed by atoms with E-state index in [2.05, 4.69) is 53.6 Å². The number of amides is 3. The number of rotatable bonds is 11. The average Bonchev–Trinajstić information content (AvgIpc) is 3.59. The van der Waals surface area contributed by atoms with Crippen LogP contribution >= 0.6 is 11.6 Å². The Morgan fingerprint density at radius 1 is 0.983 bits per heavy atom. The summed E-state index contributed by atoms with van der Waals surface area (Å²) in [6.07, 6.45) is 6.16. The molecule has 17 nitrogen and oxygen atoms in total. The van der Waals surface area contributed by atoms with E-state index in [9.17, 15) is 19.2 Å². The number of ether oxygens (including phenoxy) is 1. The number of fused-ring (bicyclic) bond motifs is 2. The molecular formula is C42H51ClN12O5. The maximum absolute atomic E-state index is 13.2. The van der Waals surface area contributed by atoms with Crippen molar-refractivity contribution in [3.8, 4) is 5.75 Å². The Morgan fingerprint density at radius 2 is 1.75 bits per heavy atom. The van der Waals surface area contributed by atoms with Crippen LogP contribution in [0, 0.1) is 5.92 Å². The quantitative estimate of drug-likeness (QED) is 0.162. The number of benzene rings is 1. The van der Waals surface area contributed by atoms with Gasteiger partial charge in [-0.25, -0.2) is 9.97 Å². The predicted molar refractivity (Wildman–Crippen MR) is 230 cm³/mol. The van der Waals surface area contributed by atoms with Crippen LogP contribution in [0.15, 0.2) is 47.5 Å². The Balaban J connectivity index is 0.894. The van der Waals surface area contributed by atoms with Gasteiger partial charge in [0.2, 0.25) is 17.8 Å². The molecule has 0 radical (unpaired) electrons. The second kappa shape index (κ2) is 17.0. The number of piperazine rings is 1. The van der Waals surface area contributed by atoms with Crippen LogP contribution in [0.2, 0.25) is 5.02 Å². The van der Waals surface area contributed by atoms with E-state index in [1.54, 1.807) is 23.0 Å². The van der Waals surface area contributed by atoms with E-state index in [0.29, 0.717) is 58.3 Å². The first-order chi connectivity index (χ1) is 28.9. The van der Waals surface area contributed by atoms with Crippen molar-refractivity contribution in [2.45, 2.75) is 64.5 Å². The molecule has 3 aliphatic heterocycles. The Labute approximate surface area is 352 Å². The standard InChI is InChI=1S/C42H51ClN12O5/c1-24(2)55-39-27(20-33(41(55)59)60-23-35(57)44-4)19-28(21-45-39)47-38-31(43)22-46-42(49-38)54-17-15-52(16-18-54)25(3)26-11-13-53(14-12-26)32-8-6-7-29-36(50-51(5)37(29)32)30-9-10-34(56)48-40(30)58/h6-8,19-22,24-26,30H,9-18,23H2,1-5H3,(H,44,57)(H,46,47,49)(H,48,56,58). The number of hydrogen-bond donors (Lipinski definition) is 3. The van der Waals surface area contributed by atoms with Gasteiger partial charge in [-0.2, -0.15) is 10.1 Å². The maximum atomic E-state index is 13.2. The number of piperidine rings is 2. The van der Waals surface area contributed by atoms with Gasteiger partial charge in [-0.05, 0) is 64.2 Å². The largest absolute Gasteiger partial charge is 0.478 e. The summed E-state index contributed by atoms with van der Waals surface area (Å²) in [6, 6.07) is 9.88. The van der Waals surface area contributed by atoms with Gasteiger partial charge in [-0.3, -0.25) is 38.6 Å². The topological polar surface area (TPSA) is 185 Å². The zero-order valence-electron chi connectivity index (χ0n) is 34.6. The first kappa shape index (κ1) is 40.9. The van der Waals surface area contributed by atoms with Crippen LogP contribution in [0.4, 0.5) is 23.1 Å². The van der Waals surface area contributed by atoms with Gasteiger partial charge in [0.25, 0.3) is 11.5 Å². The normalized spacial score (nSPS) is 18.6. The molecule has 3 amide bonds. The van der Waals surface area contributed by atoms with E-state index in [1.165, 1.54) is 7.05 Å². The number of halogens is 1. The molecule has 7 heterocycles. The number of carbonyl (C=O) groups excluding carboxylic acids is 3. The smallest absolute Gasteiger partial charge is 0.294 e. The van der Waals surface area contributed by atoms with Crippen molar-refractivity contribution in [3.63, 3.8) is 0 Å². The lowest BCUT2D eigenvalue weighted by atomic mass is 9.88. The molecule has 3 saturated heterocycles. The number of likely N-dealkylation sites (N-methyl/N-ethyl adjacent to an activating group) is 1. The van der Waals surface area contributed by atoms with Gasteiger partial charge in [0.15, 0.2) is 18.2 Å². The van der Waals surface area contributed by atoms with Gasteiger partial charge in [0.1, 0.15) is 10.7 Å². The first-order valence-corrected chi connectivity index (χ1v) is 21.0. The zero-order valence-corrected chi connectivity index (χ0v) is 35.3. The molecule has 8 rings (SSSR count). The van der Waals surface area contributed by atoms with Crippen LogP contribution in [0.1, 0.15) is 64.1 Å². The molecule has 316 valence electrons. The maximum Gasteiger partial charge on any atom is 0.294 e. The molecule has 4 aromatic heterocycles. The van der Waals surface area contributed by atoms with Crippen LogP contribution < -0.4 is 36.0 Å². The molecule has 3 aliphatic rings. The van der Waals surface area contributed by atoms with Gasteiger partial charge in [0.05, 0.1) is 40.9 Å². The summed E-state index contributed by atoms with van der Waals surface area (Å²) in [6.45, 7) is 11.0. The van der Waals surface area contributed by atoms with E-state index in [4.69, 9.17) is 26.4 Å². The number of pyridine rings is 2. The summed E-state index contributed by atoms with van der Waals surface area (Å²) in [5, 5.41) is 15.0. The SMILES string of the molecule is CNC(=O)COc1cc2cc(Nc3nc(N4CCN(C(C)C5CCN(c6cccc7c(C8CCC(=O)NC8=O)nn(C)c67)CC5)CC4)ncc3Cl)cnc2n(C(C)C)c1=O. The lowest BCUT2D eigenvalue weighted by molar-refractivity contribution is -0.134. The molecule has 60 heavy (non-hydrogen) atoms. The number of carbonyl (C=O) groups is 3. The van der Waals surface area contributed by atoms with E-state index in [1.807, 2.05) is 43.8 Å². The second-order valence-electron chi connectivity index (χ2n) is 16.1. The summed E-state index contributed by atoms with van der Waals surface area (Å²) < 4.78 is 9.03. The Kier molecular flexibility index (Phi) is 11.6. The molecule has 0 spiro atoms. The molecule has 0 saturated carbocycles. The van der Waals surface area contributed by atoms with Crippen LogP contribution in [-0.2, 0) is 21.4 Å². The number of para-hydroxylation sites is 1. The van der Waals surface area contributed by atoms with Crippen molar-refractivity contribution >= 4 is 74.4 Å². The summed E-state index contributed by atoms with van der Waals surface area (Å²) in [7, 11) is 3.44. The highest BCUT2D eigenvalue weighted by Gasteiger charge is 2.34. The highest BCUT2D eigenvalue weighted by molar-refractivity contribution is 6.33. The molecule has 18 heteroatoms. The second-order valence-corrected chi connectivity index (χ2v) is 16.5. The van der Waals surface area contributed by atoms with E-state index < -0.39 is 5.92 Å². The lowest BCUT2D eigenvalue weighted by Crippen LogP contribution is -2.53. The average molecular weight is 839 g/mol. The molecule has 1 aromatic carbocycles. The minimum Gasteiger partial charge on any atom is -0.478 e. The van der Waals surface area contributed by atoms with Gasteiger partial charge >= 0.3 is 0 Å². The van der Waals surface area contributed by atoms with Gasteiger partial charge < -0.3 is 25.2 Å². The zero-order chi connectivity index (χ0) is 42.2. The highest BCUT2D eigenvalue weighted by atomic mass is 35.5. The number of imide groups is 1. The van der Waals surface area contributed by atoms with E-state index in [0.717, 1.165) is 74.4 Å². The minimum atomic E-state index is -0.431. The fourth-order valence-electron chi connectivity index (χ4n) is 8.86. The van der Waals surface area contributed by atoms with Crippen molar-refractivity contribution in [2.24, 2.45) is 13.0 Å². The molecule has 5 aromatic rings. The number of aryl methyl sites for hydroxylation is 1. The summed E-state index contributed by atoms with van der Waals surface area (Å²) in [5.41, 5.74) is 3.63. The molecule has 2 atom stereocenters. The van der Waals surface area contributed by atoms with Gasteiger partial charge in [-0.15, -0.1) is 0 Å². The fourth-order valence-corrected chi connectivity index (χ4v) is 9.00. The summed E-state index contributed by atoms with van der Waals surface area (Å²) >= 11 is 6.61. The van der Waals surface area contributed by atoms with Crippen molar-refractivity contribution in [2.75, 3.05) is 68.0 Å². The number of nitrogens with zero attached hydrogens (tertiary/aromatic N) is 9. The van der Waals surface area contributed by atoms with Gasteiger partial charge in [0, 0.05) is 82.6 Å². The molecule has 3 fully saturated rings. The van der Waals surface area contributed by atoms with Crippen molar-refractivity contribution in [1.82, 2.24) is 44.8 Å². The van der Waals surface area contributed by atoms with Crippen molar-refractivity contribution < 1.29 is 19.1 Å². The first-order valence-electron chi connectivity index (χ1n) is 20.6. The van der Waals surface area contributed by atoms with Gasteiger partial charge in [-0.1, -0.05) is 23.7 Å². The summed E-state index contributed by atoms with van der Waals surface area (Å²) in [5.74, 6) is 0.356. The van der Waals surface area contributed by atoms with Crippen LogP contribution in [-0.4, -0.2) is 111 Å². The molecule has 0 aliphatic carbocycles. The predicted octanol–water partition coefficient (Wildman–Crippen LogP) is 4.12. The Bertz CT molecular complexity index is 2510. The van der Waals surface area contributed by atoms with Crippen LogP contribution in [0.3, 0.4) is 0 Å². The molecule has 0 bridgehead atoms. The fraction of sp³-hybridized carbons (Fsp3) is 0.476. The lowest BCUT2D eigenvalue weighted by Gasteiger charge is -2.43.